The molecule has 1 aromatic carbocycles. The number of halogens is 1. The van der Waals surface area contributed by atoms with Crippen molar-refractivity contribution in [2.24, 2.45) is 0 Å². The quantitative estimate of drug-likeness (QED) is 0.622. The van der Waals surface area contributed by atoms with Crippen molar-refractivity contribution >= 4 is 11.0 Å². The predicted molar refractivity (Wildman–Crippen MR) is 118 cm³/mol. The fraction of sp³-hybridized carbons (Fsp3) is 0.478. The van der Waals surface area contributed by atoms with E-state index in [1.165, 1.54) is 12.3 Å². The molecule has 1 N–H and O–H groups in total. The highest BCUT2D eigenvalue weighted by Crippen LogP contribution is 2.32. The molecule has 1 fully saturated rings. The summed E-state index contributed by atoms with van der Waals surface area (Å²) in [6.45, 7) is 4.22. The fourth-order valence-corrected chi connectivity index (χ4v) is 5.15. The van der Waals surface area contributed by atoms with Gasteiger partial charge in [-0.3, -0.25) is 4.79 Å². The van der Waals surface area contributed by atoms with Gasteiger partial charge in [-0.15, -0.1) is 5.10 Å². The van der Waals surface area contributed by atoms with Crippen molar-refractivity contribution < 1.29 is 13.9 Å². The minimum atomic E-state index is -0.253. The van der Waals surface area contributed by atoms with Crippen LogP contribution in [0.2, 0.25) is 0 Å². The maximum Gasteiger partial charge on any atom is 0.276 e. The molecule has 10 heteroatoms. The molecule has 1 unspecified atom stereocenters. The van der Waals surface area contributed by atoms with Crippen molar-refractivity contribution in [2.75, 3.05) is 32.8 Å². The smallest absolute Gasteiger partial charge is 0.276 e. The van der Waals surface area contributed by atoms with E-state index in [0.717, 1.165) is 38.2 Å². The first-order valence-electron chi connectivity index (χ1n) is 11.4. The summed E-state index contributed by atoms with van der Waals surface area (Å²) in [4.78, 5) is 19.1. The Kier molecular flexibility index (Phi) is 5.18. The van der Waals surface area contributed by atoms with E-state index in [-0.39, 0.29) is 17.4 Å². The maximum absolute atomic E-state index is 14.4. The Balaban J connectivity index is 1.06. The molecule has 0 spiro atoms. The van der Waals surface area contributed by atoms with Crippen LogP contribution >= 0.6 is 0 Å². The molecular weight excluding hydrogens is 427 g/mol. The Morgan fingerprint density at radius 2 is 2.00 bits per heavy atom. The third-order valence-corrected chi connectivity index (χ3v) is 6.79. The summed E-state index contributed by atoms with van der Waals surface area (Å²) < 4.78 is 27.2. The Bertz CT molecular complexity index is 1260. The normalized spacial score (nSPS) is 20.5. The number of piperidine rings is 1. The number of hydrogen-bond acceptors (Lipinski definition) is 8. The molecule has 0 amide bonds. The Labute approximate surface area is 189 Å². The van der Waals surface area contributed by atoms with E-state index in [0.29, 0.717) is 60.4 Å². The average Bonchev–Trinajstić information content (AvgIpc) is 3.23. The summed E-state index contributed by atoms with van der Waals surface area (Å²) in [5.74, 6) is 0.853. The zero-order chi connectivity index (χ0) is 22.4. The minimum Gasteiger partial charge on any atom is -0.484 e. The number of likely N-dealkylation sites (tertiary alicyclic amines) is 1. The third-order valence-electron chi connectivity index (χ3n) is 6.79. The predicted octanol–water partition coefficient (Wildman–Crippen LogP) is 1.45. The number of benzene rings is 1. The molecule has 172 valence electrons. The first kappa shape index (κ1) is 20.5. The number of nitrogens with one attached hydrogen (secondary N) is 1. The first-order valence-corrected chi connectivity index (χ1v) is 11.4. The van der Waals surface area contributed by atoms with Crippen molar-refractivity contribution in [1.29, 1.82) is 0 Å². The molecule has 6 rings (SSSR count). The molecule has 9 nitrogen and oxygen atoms in total. The number of aromatic nitrogens is 4. The van der Waals surface area contributed by atoms with Gasteiger partial charge in [0.25, 0.3) is 11.4 Å². The highest BCUT2D eigenvalue weighted by Gasteiger charge is 2.31. The fourth-order valence-electron chi connectivity index (χ4n) is 5.15. The highest BCUT2D eigenvalue weighted by atomic mass is 19.1. The average molecular weight is 452 g/mol. The molecule has 3 aliphatic heterocycles. The molecule has 0 bridgehead atoms. The van der Waals surface area contributed by atoms with Gasteiger partial charge in [0.1, 0.15) is 19.0 Å². The highest BCUT2D eigenvalue weighted by molar-refractivity contribution is 5.80. The van der Waals surface area contributed by atoms with Crippen molar-refractivity contribution in [2.45, 2.75) is 37.9 Å². The zero-order valence-electron chi connectivity index (χ0n) is 18.2. The van der Waals surface area contributed by atoms with Crippen molar-refractivity contribution in [3.63, 3.8) is 0 Å². The first-order chi connectivity index (χ1) is 16.2. The van der Waals surface area contributed by atoms with E-state index in [1.807, 2.05) is 6.07 Å². The number of fused-ring (bicyclic) bond motifs is 1. The monoisotopic (exact) mass is 452 g/mol. The second-order valence-electron chi connectivity index (χ2n) is 8.88. The van der Waals surface area contributed by atoms with Crippen molar-refractivity contribution in [3.05, 3.63) is 51.8 Å². The van der Waals surface area contributed by atoms with Crippen LogP contribution in [0.25, 0.3) is 11.0 Å². The van der Waals surface area contributed by atoms with E-state index in [9.17, 15) is 9.18 Å². The maximum atomic E-state index is 14.4. The van der Waals surface area contributed by atoms with E-state index >= 15 is 0 Å². The minimum absolute atomic E-state index is 0.0626. The Hall–Kier alpha value is -3.11. The standard InChI is InChI=1S/C23H25FN6O3/c24-18-1-2-19-22-17(18)10-16(30(22)21(31)12-26-19)13-29-5-3-14(4-6-29)25-11-15-9-20-23(28-27-15)33-8-7-32-20/h1-2,9,12,14,16,25H,3-8,10-11,13H2. The van der Waals surface area contributed by atoms with Gasteiger partial charge in [-0.2, -0.15) is 5.10 Å². The number of hydrogen-bond donors (Lipinski definition) is 1. The van der Waals surface area contributed by atoms with Gasteiger partial charge in [0, 0.05) is 30.8 Å². The third kappa shape index (κ3) is 3.83. The number of ether oxygens (including phenoxy) is 2. The molecule has 3 aromatic rings. The van der Waals surface area contributed by atoms with E-state index in [4.69, 9.17) is 9.47 Å². The van der Waals surface area contributed by atoms with Crippen LogP contribution in [-0.2, 0) is 13.0 Å². The van der Waals surface area contributed by atoms with Crippen LogP contribution in [0.4, 0.5) is 4.39 Å². The summed E-state index contributed by atoms with van der Waals surface area (Å²) in [6, 6.07) is 5.30. The van der Waals surface area contributed by atoms with Crippen molar-refractivity contribution in [3.8, 4) is 11.6 Å². The topological polar surface area (TPSA) is 94.4 Å². The SMILES string of the molecule is O=c1cnc2ccc(F)c3c2n1C(CN1CCC(NCc2cc4c(nn2)OCCO4)CC1)C3. The van der Waals surface area contributed by atoms with Crippen LogP contribution in [-0.4, -0.2) is 63.5 Å². The lowest BCUT2D eigenvalue weighted by Gasteiger charge is -2.34. The van der Waals surface area contributed by atoms with Crippen LogP contribution in [0.1, 0.15) is 30.1 Å². The summed E-state index contributed by atoms with van der Waals surface area (Å²) in [5, 5.41) is 11.9. The molecule has 0 aliphatic carbocycles. The molecule has 2 aromatic heterocycles. The molecule has 1 atom stereocenters. The lowest BCUT2D eigenvalue weighted by atomic mass is 10.0. The molecule has 5 heterocycles. The van der Waals surface area contributed by atoms with Crippen LogP contribution in [0.5, 0.6) is 11.6 Å². The Morgan fingerprint density at radius 3 is 2.88 bits per heavy atom. The van der Waals surface area contributed by atoms with Crippen LogP contribution < -0.4 is 20.3 Å². The van der Waals surface area contributed by atoms with E-state index < -0.39 is 0 Å². The number of nitrogens with zero attached hydrogens (tertiary/aromatic N) is 5. The second-order valence-corrected chi connectivity index (χ2v) is 8.88. The molecule has 1 saturated heterocycles. The number of rotatable bonds is 5. The van der Waals surface area contributed by atoms with Gasteiger partial charge in [-0.05, 0) is 44.5 Å². The van der Waals surface area contributed by atoms with Gasteiger partial charge in [0.05, 0.1) is 29.0 Å². The zero-order valence-corrected chi connectivity index (χ0v) is 18.2. The van der Waals surface area contributed by atoms with Gasteiger partial charge < -0.3 is 24.3 Å². The van der Waals surface area contributed by atoms with E-state index in [1.54, 1.807) is 10.6 Å². The van der Waals surface area contributed by atoms with Crippen LogP contribution in [0.3, 0.4) is 0 Å². The van der Waals surface area contributed by atoms with Crippen LogP contribution in [0.15, 0.2) is 29.2 Å². The lowest BCUT2D eigenvalue weighted by molar-refractivity contribution is 0.161. The molecular formula is C23H25FN6O3. The summed E-state index contributed by atoms with van der Waals surface area (Å²) >= 11 is 0. The van der Waals surface area contributed by atoms with Gasteiger partial charge >= 0.3 is 0 Å². The van der Waals surface area contributed by atoms with Gasteiger partial charge in [0.2, 0.25) is 0 Å². The van der Waals surface area contributed by atoms with E-state index in [2.05, 4.69) is 25.4 Å². The Morgan fingerprint density at radius 1 is 1.15 bits per heavy atom. The lowest BCUT2D eigenvalue weighted by Crippen LogP contribution is -2.44. The van der Waals surface area contributed by atoms with Crippen molar-refractivity contribution in [1.82, 2.24) is 30.0 Å². The molecule has 3 aliphatic rings. The molecule has 33 heavy (non-hydrogen) atoms. The molecule has 0 radical (unpaired) electrons. The largest absolute Gasteiger partial charge is 0.484 e. The second kappa shape index (κ2) is 8.35. The van der Waals surface area contributed by atoms with Gasteiger partial charge in [-0.1, -0.05) is 0 Å². The van der Waals surface area contributed by atoms with Crippen LogP contribution in [0, 0.1) is 5.82 Å². The summed E-state index contributed by atoms with van der Waals surface area (Å²) in [7, 11) is 0. The van der Waals surface area contributed by atoms with Gasteiger partial charge in [0.15, 0.2) is 5.75 Å². The van der Waals surface area contributed by atoms with Gasteiger partial charge in [-0.25, -0.2) is 9.37 Å². The summed E-state index contributed by atoms with van der Waals surface area (Å²) in [5.41, 5.74) is 2.62. The summed E-state index contributed by atoms with van der Waals surface area (Å²) in [6.07, 6.45) is 3.86. The molecule has 0 saturated carbocycles.